The quantitative estimate of drug-likeness (QED) is 0.705. The topological polar surface area (TPSA) is 20.2 Å². The van der Waals surface area contributed by atoms with Gasteiger partial charge in [0.15, 0.2) is 0 Å². The molecule has 0 aromatic rings. The SMILES string of the molecule is CCCCC1=CCC(C)(CO)C=C1. The van der Waals surface area contributed by atoms with Crippen LogP contribution in [0.3, 0.4) is 0 Å². The third kappa shape index (κ3) is 3.00. The van der Waals surface area contributed by atoms with Crippen LogP contribution in [-0.2, 0) is 0 Å². The van der Waals surface area contributed by atoms with E-state index < -0.39 is 0 Å². The standard InChI is InChI=1S/C12H20O/c1-3-4-5-11-6-8-12(2,10-13)9-7-11/h6-8,13H,3-5,9-10H2,1-2H3. The molecule has 0 fully saturated rings. The highest BCUT2D eigenvalue weighted by atomic mass is 16.3. The molecule has 1 rings (SSSR count). The molecule has 0 heterocycles. The summed E-state index contributed by atoms with van der Waals surface area (Å²) in [5.74, 6) is 0. The van der Waals surface area contributed by atoms with Crippen molar-refractivity contribution >= 4 is 0 Å². The molecule has 0 spiro atoms. The Morgan fingerprint density at radius 3 is 2.77 bits per heavy atom. The van der Waals surface area contributed by atoms with E-state index in [1.807, 2.05) is 0 Å². The van der Waals surface area contributed by atoms with Crippen LogP contribution in [0, 0.1) is 5.41 Å². The maximum atomic E-state index is 9.13. The lowest BCUT2D eigenvalue weighted by molar-refractivity contribution is 0.185. The largest absolute Gasteiger partial charge is 0.395 e. The van der Waals surface area contributed by atoms with Crippen LogP contribution < -0.4 is 0 Å². The van der Waals surface area contributed by atoms with Crippen LogP contribution in [0.5, 0.6) is 0 Å². The summed E-state index contributed by atoms with van der Waals surface area (Å²) in [5, 5.41) is 9.13. The van der Waals surface area contributed by atoms with Crippen LogP contribution in [0.25, 0.3) is 0 Å². The Labute approximate surface area is 81.2 Å². The van der Waals surface area contributed by atoms with E-state index in [9.17, 15) is 0 Å². The number of hydrogen-bond acceptors (Lipinski definition) is 1. The van der Waals surface area contributed by atoms with E-state index in [1.54, 1.807) is 0 Å². The highest BCUT2D eigenvalue weighted by molar-refractivity contribution is 5.26. The molecular weight excluding hydrogens is 160 g/mol. The van der Waals surface area contributed by atoms with Gasteiger partial charge in [-0.25, -0.2) is 0 Å². The fraction of sp³-hybridized carbons (Fsp3) is 0.667. The van der Waals surface area contributed by atoms with Gasteiger partial charge in [-0.1, -0.05) is 44.1 Å². The summed E-state index contributed by atoms with van der Waals surface area (Å²) in [6.45, 7) is 4.56. The lowest BCUT2D eigenvalue weighted by Crippen LogP contribution is -2.19. The number of aliphatic hydroxyl groups excluding tert-OH is 1. The normalized spacial score (nSPS) is 27.5. The number of unbranched alkanes of at least 4 members (excludes halogenated alkanes) is 1. The molecule has 0 saturated carbocycles. The van der Waals surface area contributed by atoms with Gasteiger partial charge in [-0.15, -0.1) is 0 Å². The molecule has 1 atom stereocenters. The summed E-state index contributed by atoms with van der Waals surface area (Å²) >= 11 is 0. The second-order valence-corrected chi connectivity index (χ2v) is 4.23. The number of allylic oxidation sites excluding steroid dienone is 3. The van der Waals surface area contributed by atoms with Crippen LogP contribution >= 0.6 is 0 Å². The van der Waals surface area contributed by atoms with Crippen molar-refractivity contribution < 1.29 is 5.11 Å². The fourth-order valence-corrected chi connectivity index (χ4v) is 1.49. The number of aliphatic hydroxyl groups is 1. The fourth-order valence-electron chi connectivity index (χ4n) is 1.49. The van der Waals surface area contributed by atoms with Crippen molar-refractivity contribution in [2.24, 2.45) is 5.41 Å². The minimum Gasteiger partial charge on any atom is -0.395 e. The zero-order valence-corrected chi connectivity index (χ0v) is 8.71. The van der Waals surface area contributed by atoms with Crippen LogP contribution in [-0.4, -0.2) is 11.7 Å². The summed E-state index contributed by atoms with van der Waals surface area (Å²) in [6.07, 6.45) is 11.3. The van der Waals surface area contributed by atoms with Crippen molar-refractivity contribution in [1.29, 1.82) is 0 Å². The summed E-state index contributed by atoms with van der Waals surface area (Å²) < 4.78 is 0. The molecule has 1 aliphatic rings. The van der Waals surface area contributed by atoms with Crippen molar-refractivity contribution in [2.45, 2.75) is 39.5 Å². The maximum absolute atomic E-state index is 9.13. The van der Waals surface area contributed by atoms with Gasteiger partial charge in [0.2, 0.25) is 0 Å². The van der Waals surface area contributed by atoms with E-state index in [2.05, 4.69) is 32.1 Å². The maximum Gasteiger partial charge on any atom is 0.0522 e. The van der Waals surface area contributed by atoms with E-state index in [1.165, 1.54) is 24.8 Å². The number of rotatable bonds is 4. The molecule has 0 aromatic heterocycles. The Morgan fingerprint density at radius 1 is 1.54 bits per heavy atom. The molecule has 13 heavy (non-hydrogen) atoms. The van der Waals surface area contributed by atoms with Gasteiger partial charge in [0.25, 0.3) is 0 Å². The minimum atomic E-state index is -0.00425. The predicted octanol–water partition coefficient (Wildman–Crippen LogP) is 3.06. The Balaban J connectivity index is 2.45. The molecule has 0 radical (unpaired) electrons. The zero-order chi connectivity index (χ0) is 9.73. The highest BCUT2D eigenvalue weighted by Crippen LogP contribution is 2.29. The first-order valence-electron chi connectivity index (χ1n) is 5.19. The summed E-state index contributed by atoms with van der Waals surface area (Å²) in [6, 6.07) is 0. The van der Waals surface area contributed by atoms with Crippen LogP contribution in [0.15, 0.2) is 23.8 Å². The molecule has 1 heteroatoms. The molecular formula is C12H20O. The Morgan fingerprint density at radius 2 is 2.31 bits per heavy atom. The van der Waals surface area contributed by atoms with Gasteiger partial charge in [0.1, 0.15) is 0 Å². The van der Waals surface area contributed by atoms with E-state index >= 15 is 0 Å². The molecule has 74 valence electrons. The van der Waals surface area contributed by atoms with E-state index in [0.717, 1.165) is 6.42 Å². The van der Waals surface area contributed by atoms with Crippen LogP contribution in [0.1, 0.15) is 39.5 Å². The third-order valence-electron chi connectivity index (χ3n) is 2.71. The molecule has 1 unspecified atom stereocenters. The van der Waals surface area contributed by atoms with E-state index in [4.69, 9.17) is 5.11 Å². The molecule has 0 bridgehead atoms. The third-order valence-corrected chi connectivity index (χ3v) is 2.71. The van der Waals surface area contributed by atoms with Crippen molar-refractivity contribution in [2.75, 3.05) is 6.61 Å². The lowest BCUT2D eigenvalue weighted by atomic mass is 9.82. The first kappa shape index (κ1) is 10.5. The lowest BCUT2D eigenvalue weighted by Gasteiger charge is -2.25. The van der Waals surface area contributed by atoms with Gasteiger partial charge in [-0.05, 0) is 19.3 Å². The summed E-state index contributed by atoms with van der Waals surface area (Å²) in [4.78, 5) is 0. The second-order valence-electron chi connectivity index (χ2n) is 4.23. The Bertz CT molecular complexity index is 215. The first-order chi connectivity index (χ1) is 6.20. The highest BCUT2D eigenvalue weighted by Gasteiger charge is 2.20. The molecule has 0 amide bonds. The van der Waals surface area contributed by atoms with Crippen LogP contribution in [0.4, 0.5) is 0 Å². The van der Waals surface area contributed by atoms with Crippen molar-refractivity contribution in [3.05, 3.63) is 23.8 Å². The molecule has 0 saturated heterocycles. The van der Waals surface area contributed by atoms with Gasteiger partial charge in [-0.3, -0.25) is 0 Å². The number of hydrogen-bond donors (Lipinski definition) is 1. The van der Waals surface area contributed by atoms with Gasteiger partial charge in [-0.2, -0.15) is 0 Å². The van der Waals surface area contributed by atoms with Crippen LogP contribution in [0.2, 0.25) is 0 Å². The molecule has 0 aliphatic heterocycles. The van der Waals surface area contributed by atoms with Gasteiger partial charge in [0.05, 0.1) is 6.61 Å². The monoisotopic (exact) mass is 180 g/mol. The van der Waals surface area contributed by atoms with Gasteiger partial charge in [0, 0.05) is 5.41 Å². The van der Waals surface area contributed by atoms with E-state index in [-0.39, 0.29) is 12.0 Å². The smallest absolute Gasteiger partial charge is 0.0522 e. The molecule has 0 aromatic carbocycles. The Kier molecular flexibility index (Phi) is 3.73. The second kappa shape index (κ2) is 4.61. The summed E-state index contributed by atoms with van der Waals surface area (Å²) in [7, 11) is 0. The van der Waals surface area contributed by atoms with Crippen molar-refractivity contribution in [1.82, 2.24) is 0 Å². The summed E-state index contributed by atoms with van der Waals surface area (Å²) in [5.41, 5.74) is 1.43. The van der Waals surface area contributed by atoms with Crippen molar-refractivity contribution in [3.63, 3.8) is 0 Å². The first-order valence-corrected chi connectivity index (χ1v) is 5.19. The average Bonchev–Trinajstić information content (AvgIpc) is 2.17. The molecule has 1 aliphatic carbocycles. The molecule has 1 N–H and O–H groups in total. The Hall–Kier alpha value is -0.560. The van der Waals surface area contributed by atoms with E-state index in [0.29, 0.717) is 0 Å². The zero-order valence-electron chi connectivity index (χ0n) is 8.71. The van der Waals surface area contributed by atoms with Crippen molar-refractivity contribution in [3.8, 4) is 0 Å². The average molecular weight is 180 g/mol. The minimum absolute atomic E-state index is 0.00425. The predicted molar refractivity (Wildman–Crippen MR) is 56.6 cm³/mol. The van der Waals surface area contributed by atoms with Gasteiger partial charge >= 0.3 is 0 Å². The molecule has 1 nitrogen and oxygen atoms in total. The van der Waals surface area contributed by atoms with Gasteiger partial charge < -0.3 is 5.11 Å².